The summed E-state index contributed by atoms with van der Waals surface area (Å²) in [5.41, 5.74) is 2.50. The van der Waals surface area contributed by atoms with Crippen molar-refractivity contribution in [2.24, 2.45) is 0 Å². The molecule has 2 unspecified atom stereocenters. The van der Waals surface area contributed by atoms with Gasteiger partial charge in [0.25, 0.3) is 0 Å². The Morgan fingerprint density at radius 3 is 0.646 bits per heavy atom. The van der Waals surface area contributed by atoms with Crippen LogP contribution in [-0.4, -0.2) is 87.7 Å². The summed E-state index contributed by atoms with van der Waals surface area (Å²) in [7, 11) is 0. The van der Waals surface area contributed by atoms with Crippen LogP contribution in [0, 0.1) is 0 Å². The quantitative estimate of drug-likeness (QED) is 0.0965. The average Bonchev–Trinajstić information content (AvgIpc) is 3.11. The maximum atomic E-state index is 9.98. The summed E-state index contributed by atoms with van der Waals surface area (Å²) in [4.78, 5) is 0. The van der Waals surface area contributed by atoms with Gasteiger partial charge in [-0.05, 0) is 46.6 Å². The molecule has 0 amide bonds. The Balaban J connectivity index is 0.000000260. The summed E-state index contributed by atoms with van der Waals surface area (Å²) in [6.07, 6.45) is -5.44. The van der Waals surface area contributed by atoms with Gasteiger partial charge < -0.3 is 51.1 Å². The third-order valence-electron chi connectivity index (χ3n) is 6.96. The van der Waals surface area contributed by atoms with Crippen molar-refractivity contribution < 1.29 is 51.1 Å². The lowest BCUT2D eigenvalue weighted by Gasteiger charge is -2.22. The molecule has 0 bridgehead atoms. The van der Waals surface area contributed by atoms with E-state index < -0.39 is 59.7 Å². The lowest BCUT2D eigenvalue weighted by atomic mass is 10.0. The lowest BCUT2D eigenvalue weighted by molar-refractivity contribution is -0.0540. The van der Waals surface area contributed by atoms with Crippen LogP contribution in [0.15, 0.2) is 144 Å². The SMILES string of the molecule is OC(=Cc1ccccc1)[C@@H](O)C(O)[C@@H](O)C(O)=Cc1ccccc1.OC(=Cc1ccccc1)[C@@H](O)C(O)[C@@H](O)C(O)=Cc1ccccc1. The highest BCUT2D eigenvalue weighted by Gasteiger charge is 2.31. The molecule has 0 saturated carbocycles. The van der Waals surface area contributed by atoms with Gasteiger partial charge in [-0.2, -0.15) is 0 Å². The zero-order chi connectivity index (χ0) is 35.1. The summed E-state index contributed by atoms with van der Waals surface area (Å²) in [6.45, 7) is 0. The van der Waals surface area contributed by atoms with E-state index in [1.165, 1.54) is 24.3 Å². The molecule has 10 nitrogen and oxygen atoms in total. The zero-order valence-electron chi connectivity index (χ0n) is 25.8. The number of aliphatic hydroxyl groups is 10. The first kappa shape index (κ1) is 37.3. The molecule has 6 atom stereocenters. The molecular formula is C38H40O10. The van der Waals surface area contributed by atoms with E-state index in [-0.39, 0.29) is 0 Å². The van der Waals surface area contributed by atoms with Crippen molar-refractivity contribution in [3.63, 3.8) is 0 Å². The first-order valence-corrected chi connectivity index (χ1v) is 14.9. The summed E-state index contributed by atoms with van der Waals surface area (Å²) in [6, 6.07) is 34.9. The van der Waals surface area contributed by atoms with Gasteiger partial charge in [-0.1, -0.05) is 121 Å². The summed E-state index contributed by atoms with van der Waals surface area (Å²) in [5.74, 6) is -2.05. The molecule has 48 heavy (non-hydrogen) atoms. The molecule has 4 aromatic rings. The highest BCUT2D eigenvalue weighted by Crippen LogP contribution is 2.19. The fourth-order valence-corrected chi connectivity index (χ4v) is 4.27. The molecule has 10 heteroatoms. The molecule has 252 valence electrons. The molecule has 0 saturated heterocycles. The van der Waals surface area contributed by atoms with E-state index in [9.17, 15) is 51.1 Å². The molecule has 4 rings (SSSR count). The van der Waals surface area contributed by atoms with Gasteiger partial charge in [-0.25, -0.2) is 0 Å². The van der Waals surface area contributed by atoms with Crippen molar-refractivity contribution in [2.45, 2.75) is 36.6 Å². The maximum Gasteiger partial charge on any atom is 0.140 e. The van der Waals surface area contributed by atoms with Gasteiger partial charge in [0.1, 0.15) is 59.7 Å². The molecule has 0 radical (unpaired) electrons. The Morgan fingerprint density at radius 1 is 0.312 bits per heavy atom. The van der Waals surface area contributed by atoms with E-state index in [0.29, 0.717) is 22.3 Å². The molecule has 0 aromatic heterocycles. The van der Waals surface area contributed by atoms with Gasteiger partial charge in [-0.3, -0.25) is 0 Å². The Labute approximate surface area is 278 Å². The number of benzene rings is 4. The Bertz CT molecular complexity index is 1390. The highest BCUT2D eigenvalue weighted by atomic mass is 16.4. The predicted molar refractivity (Wildman–Crippen MR) is 184 cm³/mol. The second kappa shape index (κ2) is 18.8. The Morgan fingerprint density at radius 2 is 0.479 bits per heavy atom. The van der Waals surface area contributed by atoms with Gasteiger partial charge in [0.05, 0.1) is 0 Å². The molecule has 0 aliphatic heterocycles. The van der Waals surface area contributed by atoms with Crippen molar-refractivity contribution in [3.05, 3.63) is 167 Å². The van der Waals surface area contributed by atoms with Crippen LogP contribution < -0.4 is 0 Å². The van der Waals surface area contributed by atoms with Crippen LogP contribution >= 0.6 is 0 Å². The van der Waals surface area contributed by atoms with Crippen molar-refractivity contribution in [2.75, 3.05) is 0 Å². The van der Waals surface area contributed by atoms with Crippen LogP contribution in [-0.2, 0) is 0 Å². The van der Waals surface area contributed by atoms with E-state index in [1.807, 2.05) is 0 Å². The normalized spacial score (nSPS) is 16.5. The molecule has 0 fully saturated rings. The van der Waals surface area contributed by atoms with Gasteiger partial charge in [0.2, 0.25) is 0 Å². The van der Waals surface area contributed by atoms with Crippen LogP contribution in [0.5, 0.6) is 0 Å². The lowest BCUT2D eigenvalue weighted by Crippen LogP contribution is -2.39. The standard InChI is InChI=1S/2C19H20O5/c2*20-15(11-13-7-3-1-4-8-13)17(22)19(24)18(23)16(21)12-14-9-5-2-6-10-14/h2*1-12,17-24H/t2*17-,18+,19?. The smallest absolute Gasteiger partial charge is 0.140 e. The maximum absolute atomic E-state index is 9.98. The zero-order valence-corrected chi connectivity index (χ0v) is 25.8. The Hall–Kier alpha value is -5.20. The summed E-state index contributed by atoms with van der Waals surface area (Å²) in [5, 5.41) is 99.4. The van der Waals surface area contributed by atoms with Crippen molar-refractivity contribution in [1.29, 1.82) is 0 Å². The van der Waals surface area contributed by atoms with Crippen molar-refractivity contribution in [3.8, 4) is 0 Å². The second-order valence-corrected chi connectivity index (χ2v) is 10.7. The third kappa shape index (κ3) is 11.6. The minimum Gasteiger partial charge on any atom is -0.509 e. The van der Waals surface area contributed by atoms with Crippen LogP contribution in [0.1, 0.15) is 22.3 Å². The van der Waals surface area contributed by atoms with Crippen LogP contribution in [0.3, 0.4) is 0 Å². The Kier molecular flexibility index (Phi) is 14.6. The molecule has 0 aliphatic carbocycles. The van der Waals surface area contributed by atoms with Gasteiger partial charge in [0.15, 0.2) is 0 Å². The third-order valence-corrected chi connectivity index (χ3v) is 6.96. The molecule has 0 heterocycles. The summed E-state index contributed by atoms with van der Waals surface area (Å²) >= 11 is 0. The molecule has 0 spiro atoms. The summed E-state index contributed by atoms with van der Waals surface area (Å²) < 4.78 is 0. The van der Waals surface area contributed by atoms with E-state index in [0.717, 1.165) is 0 Å². The molecule has 10 N–H and O–H groups in total. The minimum atomic E-state index is -1.79. The van der Waals surface area contributed by atoms with Gasteiger partial charge in [-0.15, -0.1) is 0 Å². The van der Waals surface area contributed by atoms with Crippen molar-refractivity contribution >= 4 is 24.3 Å². The molecule has 4 aromatic carbocycles. The second-order valence-electron chi connectivity index (χ2n) is 10.7. The first-order valence-electron chi connectivity index (χ1n) is 14.9. The number of hydrogen-bond donors (Lipinski definition) is 10. The average molecular weight is 657 g/mol. The van der Waals surface area contributed by atoms with Crippen LogP contribution in [0.25, 0.3) is 24.3 Å². The van der Waals surface area contributed by atoms with Gasteiger partial charge in [0, 0.05) is 0 Å². The first-order chi connectivity index (χ1) is 23.0. The van der Waals surface area contributed by atoms with Crippen LogP contribution in [0.2, 0.25) is 0 Å². The van der Waals surface area contributed by atoms with E-state index in [1.54, 1.807) is 121 Å². The number of hydrogen-bond acceptors (Lipinski definition) is 10. The van der Waals surface area contributed by atoms with E-state index in [4.69, 9.17) is 0 Å². The van der Waals surface area contributed by atoms with Crippen LogP contribution in [0.4, 0.5) is 0 Å². The predicted octanol–water partition coefficient (Wildman–Crippen LogP) is 4.53. The molecule has 0 aliphatic rings. The molecular weight excluding hydrogens is 616 g/mol. The van der Waals surface area contributed by atoms with Crippen molar-refractivity contribution in [1.82, 2.24) is 0 Å². The number of aliphatic hydroxyl groups excluding tert-OH is 10. The largest absolute Gasteiger partial charge is 0.509 e. The monoisotopic (exact) mass is 656 g/mol. The fraction of sp³-hybridized carbons (Fsp3) is 0.158. The van der Waals surface area contributed by atoms with E-state index in [2.05, 4.69) is 0 Å². The van der Waals surface area contributed by atoms with Gasteiger partial charge >= 0.3 is 0 Å². The highest BCUT2D eigenvalue weighted by molar-refractivity contribution is 5.54. The number of rotatable bonds is 12. The van der Waals surface area contributed by atoms with E-state index >= 15 is 0 Å². The fourth-order valence-electron chi connectivity index (χ4n) is 4.27. The topological polar surface area (TPSA) is 202 Å². The minimum absolute atomic E-state index is 0.514.